The van der Waals surface area contributed by atoms with E-state index in [4.69, 9.17) is 4.74 Å². The summed E-state index contributed by atoms with van der Waals surface area (Å²) in [5, 5.41) is 1.85. The van der Waals surface area contributed by atoms with Gasteiger partial charge in [0.2, 0.25) is 0 Å². The van der Waals surface area contributed by atoms with E-state index in [1.54, 1.807) is 25.1 Å². The second kappa shape index (κ2) is 6.11. The van der Waals surface area contributed by atoms with E-state index in [0.717, 1.165) is 5.56 Å². The van der Waals surface area contributed by atoms with Crippen molar-refractivity contribution in [1.29, 1.82) is 0 Å². The van der Waals surface area contributed by atoms with E-state index in [1.165, 1.54) is 11.3 Å². The third-order valence-corrected chi connectivity index (χ3v) is 4.08. The predicted octanol–water partition coefficient (Wildman–Crippen LogP) is 2.75. The monoisotopic (exact) mass is 314 g/mol. The fourth-order valence-corrected chi connectivity index (χ4v) is 2.95. The quantitative estimate of drug-likeness (QED) is 0.752. The highest BCUT2D eigenvalue weighted by Gasteiger charge is 2.09. The minimum absolute atomic E-state index is 0.128. The van der Waals surface area contributed by atoms with E-state index in [1.807, 2.05) is 17.5 Å². The van der Waals surface area contributed by atoms with Crippen LogP contribution in [-0.2, 0) is 11.2 Å². The van der Waals surface area contributed by atoms with Crippen molar-refractivity contribution >= 4 is 27.5 Å². The van der Waals surface area contributed by atoms with Crippen molar-refractivity contribution in [2.75, 3.05) is 6.61 Å². The molecule has 2 heterocycles. The van der Waals surface area contributed by atoms with Gasteiger partial charge in [-0.25, -0.2) is 9.78 Å². The number of thiophene rings is 1. The first kappa shape index (κ1) is 14.5. The number of aromatic amines is 1. The first-order valence-electron chi connectivity index (χ1n) is 6.90. The number of ether oxygens (including phenoxy) is 1. The molecule has 0 aliphatic rings. The summed E-state index contributed by atoms with van der Waals surface area (Å²) in [6.07, 6.45) is 0.453. The maximum Gasteiger partial charge on any atom is 0.338 e. The maximum absolute atomic E-state index is 12.0. The number of carbonyl (C=O) groups excluding carboxylic acids is 1. The lowest BCUT2D eigenvalue weighted by atomic mass is 10.1. The highest BCUT2D eigenvalue weighted by Crippen LogP contribution is 2.15. The zero-order valence-corrected chi connectivity index (χ0v) is 12.8. The Balaban J connectivity index is 1.90. The van der Waals surface area contributed by atoms with Crippen LogP contribution in [0, 0.1) is 0 Å². The van der Waals surface area contributed by atoms with Crippen LogP contribution in [0.5, 0.6) is 0 Å². The molecular formula is C16H14N2O3S. The normalized spacial score (nSPS) is 10.8. The number of esters is 1. The predicted molar refractivity (Wildman–Crippen MR) is 85.4 cm³/mol. The SMILES string of the molecule is CCOC(=O)c1cccc(Cc2nc3ccsc3c(=O)[nH]2)c1. The molecule has 0 saturated carbocycles. The fraction of sp³-hybridized carbons (Fsp3) is 0.188. The molecule has 0 fully saturated rings. The van der Waals surface area contributed by atoms with Gasteiger partial charge >= 0.3 is 5.97 Å². The van der Waals surface area contributed by atoms with Crippen LogP contribution in [0.25, 0.3) is 10.2 Å². The van der Waals surface area contributed by atoms with Crippen molar-refractivity contribution < 1.29 is 9.53 Å². The summed E-state index contributed by atoms with van der Waals surface area (Å²) in [6, 6.07) is 8.98. The standard InChI is InChI=1S/C16H14N2O3S/c1-2-21-16(20)11-5-3-4-10(8-11)9-13-17-12-6-7-22-14(12)15(19)18-13/h3-8H,2,9H2,1H3,(H,17,18,19). The summed E-state index contributed by atoms with van der Waals surface area (Å²) in [5.41, 5.74) is 1.96. The number of hydrogen-bond donors (Lipinski definition) is 1. The molecule has 0 bridgehead atoms. The summed E-state index contributed by atoms with van der Waals surface area (Å²) < 4.78 is 5.62. The molecular weight excluding hydrogens is 300 g/mol. The van der Waals surface area contributed by atoms with E-state index in [0.29, 0.717) is 34.6 Å². The zero-order valence-electron chi connectivity index (χ0n) is 12.0. The number of aromatic nitrogens is 2. The third-order valence-electron chi connectivity index (χ3n) is 3.17. The van der Waals surface area contributed by atoms with Gasteiger partial charge in [-0.3, -0.25) is 4.79 Å². The molecule has 2 aromatic heterocycles. The molecule has 5 nitrogen and oxygen atoms in total. The Bertz CT molecular complexity index is 882. The number of nitrogens with one attached hydrogen (secondary N) is 1. The minimum Gasteiger partial charge on any atom is -0.462 e. The maximum atomic E-state index is 12.0. The molecule has 0 amide bonds. The van der Waals surface area contributed by atoms with Gasteiger partial charge in [-0.05, 0) is 36.1 Å². The molecule has 0 saturated heterocycles. The van der Waals surface area contributed by atoms with Crippen molar-refractivity contribution in [3.05, 3.63) is 63.0 Å². The van der Waals surface area contributed by atoms with Gasteiger partial charge < -0.3 is 9.72 Å². The van der Waals surface area contributed by atoms with Crippen LogP contribution in [0.2, 0.25) is 0 Å². The van der Waals surface area contributed by atoms with Gasteiger partial charge in [0.05, 0.1) is 17.7 Å². The lowest BCUT2D eigenvalue weighted by Gasteiger charge is -2.05. The Labute approximate surface area is 130 Å². The average Bonchev–Trinajstić information content (AvgIpc) is 2.97. The summed E-state index contributed by atoms with van der Waals surface area (Å²) in [5.74, 6) is 0.232. The number of fused-ring (bicyclic) bond motifs is 1. The molecule has 0 aliphatic carbocycles. The van der Waals surface area contributed by atoms with Crippen LogP contribution in [0.15, 0.2) is 40.5 Å². The van der Waals surface area contributed by atoms with Gasteiger partial charge in [-0.15, -0.1) is 11.3 Å². The van der Waals surface area contributed by atoms with E-state index >= 15 is 0 Å². The Morgan fingerprint density at radius 1 is 1.36 bits per heavy atom. The van der Waals surface area contributed by atoms with Crippen LogP contribution >= 0.6 is 11.3 Å². The molecule has 1 aromatic carbocycles. The first-order valence-corrected chi connectivity index (χ1v) is 7.78. The number of benzene rings is 1. The summed E-state index contributed by atoms with van der Waals surface area (Å²) in [7, 11) is 0. The zero-order chi connectivity index (χ0) is 15.5. The number of nitrogens with zero attached hydrogens (tertiary/aromatic N) is 1. The number of carbonyl (C=O) groups is 1. The van der Waals surface area contributed by atoms with Gasteiger partial charge in [0.1, 0.15) is 10.5 Å². The molecule has 112 valence electrons. The highest BCUT2D eigenvalue weighted by atomic mass is 32.1. The second-order valence-corrected chi connectivity index (χ2v) is 5.66. The molecule has 0 aliphatic heterocycles. The summed E-state index contributed by atoms with van der Waals surface area (Å²) in [6.45, 7) is 2.11. The van der Waals surface area contributed by atoms with E-state index in [2.05, 4.69) is 9.97 Å². The van der Waals surface area contributed by atoms with Crippen molar-refractivity contribution in [2.45, 2.75) is 13.3 Å². The highest BCUT2D eigenvalue weighted by molar-refractivity contribution is 7.17. The van der Waals surface area contributed by atoms with Crippen LogP contribution < -0.4 is 5.56 Å². The smallest absolute Gasteiger partial charge is 0.338 e. The van der Waals surface area contributed by atoms with Crippen molar-refractivity contribution in [3.8, 4) is 0 Å². The summed E-state index contributed by atoms with van der Waals surface area (Å²) in [4.78, 5) is 30.9. The Morgan fingerprint density at radius 3 is 3.05 bits per heavy atom. The van der Waals surface area contributed by atoms with Gasteiger partial charge in [0.25, 0.3) is 5.56 Å². The van der Waals surface area contributed by atoms with Gasteiger partial charge in [-0.2, -0.15) is 0 Å². The van der Waals surface area contributed by atoms with E-state index in [-0.39, 0.29) is 11.5 Å². The number of H-pyrrole nitrogens is 1. The van der Waals surface area contributed by atoms with Crippen LogP contribution in [0.4, 0.5) is 0 Å². The molecule has 3 aromatic rings. The van der Waals surface area contributed by atoms with Crippen LogP contribution in [0.3, 0.4) is 0 Å². The molecule has 0 atom stereocenters. The summed E-state index contributed by atoms with van der Waals surface area (Å²) >= 11 is 1.37. The van der Waals surface area contributed by atoms with Gasteiger partial charge in [-0.1, -0.05) is 12.1 Å². The van der Waals surface area contributed by atoms with Crippen molar-refractivity contribution in [2.24, 2.45) is 0 Å². The van der Waals surface area contributed by atoms with Crippen molar-refractivity contribution in [3.63, 3.8) is 0 Å². The molecule has 6 heteroatoms. The Hall–Kier alpha value is -2.47. The Kier molecular flexibility index (Phi) is 4.02. The van der Waals surface area contributed by atoms with Crippen molar-refractivity contribution in [1.82, 2.24) is 9.97 Å². The lowest BCUT2D eigenvalue weighted by Crippen LogP contribution is -2.11. The van der Waals surface area contributed by atoms with Gasteiger partial charge in [0.15, 0.2) is 0 Å². The lowest BCUT2D eigenvalue weighted by molar-refractivity contribution is 0.0526. The number of rotatable bonds is 4. The number of hydrogen-bond acceptors (Lipinski definition) is 5. The van der Waals surface area contributed by atoms with Gasteiger partial charge in [0, 0.05) is 6.42 Å². The first-order chi connectivity index (χ1) is 10.7. The third kappa shape index (κ3) is 2.92. The van der Waals surface area contributed by atoms with E-state index in [9.17, 15) is 9.59 Å². The largest absolute Gasteiger partial charge is 0.462 e. The average molecular weight is 314 g/mol. The molecule has 1 N–H and O–H groups in total. The van der Waals surface area contributed by atoms with Crippen LogP contribution in [0.1, 0.15) is 28.7 Å². The van der Waals surface area contributed by atoms with E-state index < -0.39 is 0 Å². The van der Waals surface area contributed by atoms with Crippen LogP contribution in [-0.4, -0.2) is 22.5 Å². The Morgan fingerprint density at radius 2 is 2.23 bits per heavy atom. The fourth-order valence-electron chi connectivity index (χ4n) is 2.22. The molecule has 0 spiro atoms. The minimum atomic E-state index is -0.348. The molecule has 3 rings (SSSR count). The topological polar surface area (TPSA) is 72.0 Å². The molecule has 0 radical (unpaired) electrons. The molecule has 0 unspecified atom stereocenters. The second-order valence-electron chi connectivity index (χ2n) is 4.75. The molecule has 22 heavy (non-hydrogen) atoms.